The van der Waals surface area contributed by atoms with Crippen LogP contribution in [0.5, 0.6) is 5.75 Å². The minimum atomic E-state index is -0.634. The van der Waals surface area contributed by atoms with Crippen LogP contribution in [-0.4, -0.2) is 21.8 Å². The fraction of sp³-hybridized carbons (Fsp3) is 0.0435. The van der Waals surface area contributed by atoms with E-state index in [9.17, 15) is 9.59 Å². The Hall–Kier alpha value is -4.06. The normalized spacial score (nSPS) is 10.5. The summed E-state index contributed by atoms with van der Waals surface area (Å²) in [6, 6.07) is 23.3. The van der Waals surface area contributed by atoms with Crippen LogP contribution >= 0.6 is 0 Å². The number of hydrogen-bond donors (Lipinski definition) is 1. The van der Waals surface area contributed by atoms with Crippen molar-refractivity contribution in [2.45, 2.75) is 6.54 Å². The smallest absolute Gasteiger partial charge is 0.363 e. The van der Waals surface area contributed by atoms with Gasteiger partial charge >= 0.3 is 5.97 Å². The van der Waals surface area contributed by atoms with Crippen molar-refractivity contribution in [1.82, 2.24) is 15.3 Å². The van der Waals surface area contributed by atoms with E-state index in [-0.39, 0.29) is 17.4 Å². The molecular formula is C23H17N3O3. The summed E-state index contributed by atoms with van der Waals surface area (Å²) in [6.45, 7) is 0.413. The number of fused-ring (bicyclic) bond motifs is 1. The Morgan fingerprint density at radius 3 is 2.45 bits per heavy atom. The highest BCUT2D eigenvalue weighted by atomic mass is 16.5. The Labute approximate surface area is 167 Å². The molecule has 0 unspecified atom stereocenters. The van der Waals surface area contributed by atoms with Gasteiger partial charge in [0.2, 0.25) is 0 Å². The fourth-order valence-corrected chi connectivity index (χ4v) is 2.80. The molecule has 0 aliphatic rings. The molecule has 1 heterocycles. The summed E-state index contributed by atoms with van der Waals surface area (Å²) in [5.74, 6) is -0.625. The van der Waals surface area contributed by atoms with Crippen LogP contribution in [0, 0.1) is 0 Å². The van der Waals surface area contributed by atoms with E-state index in [0.29, 0.717) is 23.1 Å². The van der Waals surface area contributed by atoms with E-state index in [4.69, 9.17) is 4.74 Å². The van der Waals surface area contributed by atoms with E-state index in [1.54, 1.807) is 24.3 Å². The maximum absolute atomic E-state index is 12.4. The average Bonchev–Trinajstić information content (AvgIpc) is 2.78. The molecule has 29 heavy (non-hydrogen) atoms. The van der Waals surface area contributed by atoms with Crippen LogP contribution < -0.4 is 10.1 Å². The monoisotopic (exact) mass is 383 g/mol. The number of aromatic nitrogens is 2. The number of amides is 1. The molecule has 6 nitrogen and oxygen atoms in total. The second kappa shape index (κ2) is 8.31. The van der Waals surface area contributed by atoms with Crippen molar-refractivity contribution in [3.8, 4) is 5.75 Å². The Bertz CT molecular complexity index is 1180. The molecule has 0 radical (unpaired) electrons. The summed E-state index contributed by atoms with van der Waals surface area (Å²) >= 11 is 0. The molecular weight excluding hydrogens is 366 g/mol. The van der Waals surface area contributed by atoms with E-state index in [1.165, 1.54) is 12.3 Å². The lowest BCUT2D eigenvalue weighted by molar-refractivity contribution is 0.0727. The van der Waals surface area contributed by atoms with Crippen molar-refractivity contribution in [3.05, 3.63) is 102 Å². The van der Waals surface area contributed by atoms with Crippen LogP contribution in [0.1, 0.15) is 26.4 Å². The second-order valence-electron chi connectivity index (χ2n) is 6.33. The van der Waals surface area contributed by atoms with Crippen molar-refractivity contribution in [2.75, 3.05) is 0 Å². The summed E-state index contributed by atoms with van der Waals surface area (Å²) in [4.78, 5) is 33.3. The van der Waals surface area contributed by atoms with Gasteiger partial charge in [-0.1, -0.05) is 48.5 Å². The summed E-state index contributed by atoms with van der Waals surface area (Å²) in [5.41, 5.74) is 2.80. The SMILES string of the molecule is O=C(NCc1ccccc1)c1cccc(OC(=O)c2cnc3ccccc3n2)c1. The molecule has 1 N–H and O–H groups in total. The highest BCUT2D eigenvalue weighted by Gasteiger charge is 2.13. The van der Waals surface area contributed by atoms with Gasteiger partial charge in [-0.05, 0) is 35.9 Å². The number of rotatable bonds is 5. The van der Waals surface area contributed by atoms with Crippen LogP contribution in [0.25, 0.3) is 11.0 Å². The zero-order valence-electron chi connectivity index (χ0n) is 15.4. The molecule has 3 aromatic carbocycles. The van der Waals surface area contributed by atoms with Crippen molar-refractivity contribution >= 4 is 22.9 Å². The van der Waals surface area contributed by atoms with E-state index in [0.717, 1.165) is 5.56 Å². The number of esters is 1. The van der Waals surface area contributed by atoms with Crippen LogP contribution in [0.2, 0.25) is 0 Å². The molecule has 4 aromatic rings. The van der Waals surface area contributed by atoms with Crippen molar-refractivity contribution in [3.63, 3.8) is 0 Å². The zero-order valence-corrected chi connectivity index (χ0v) is 15.4. The van der Waals surface area contributed by atoms with Gasteiger partial charge in [-0.2, -0.15) is 0 Å². The zero-order chi connectivity index (χ0) is 20.1. The first-order chi connectivity index (χ1) is 14.2. The number of carbonyl (C=O) groups excluding carboxylic acids is 2. The lowest BCUT2D eigenvalue weighted by Gasteiger charge is -2.08. The number of hydrogen-bond acceptors (Lipinski definition) is 5. The molecule has 1 aromatic heterocycles. The molecule has 0 fully saturated rings. The van der Waals surface area contributed by atoms with Gasteiger partial charge in [0.25, 0.3) is 5.91 Å². The average molecular weight is 383 g/mol. The fourth-order valence-electron chi connectivity index (χ4n) is 2.80. The number of benzene rings is 3. The van der Waals surface area contributed by atoms with Gasteiger partial charge in [-0.25, -0.2) is 9.78 Å². The van der Waals surface area contributed by atoms with E-state index in [2.05, 4.69) is 15.3 Å². The maximum atomic E-state index is 12.4. The number of nitrogens with zero attached hydrogens (tertiary/aromatic N) is 2. The van der Waals surface area contributed by atoms with E-state index in [1.807, 2.05) is 48.5 Å². The van der Waals surface area contributed by atoms with E-state index >= 15 is 0 Å². The molecule has 0 spiro atoms. The third-order valence-electron chi connectivity index (χ3n) is 4.26. The minimum Gasteiger partial charge on any atom is -0.422 e. The minimum absolute atomic E-state index is 0.0997. The topological polar surface area (TPSA) is 81.2 Å². The molecule has 0 bridgehead atoms. The highest BCUT2D eigenvalue weighted by molar-refractivity contribution is 5.95. The highest BCUT2D eigenvalue weighted by Crippen LogP contribution is 2.16. The van der Waals surface area contributed by atoms with Crippen LogP contribution in [-0.2, 0) is 6.54 Å². The Morgan fingerprint density at radius 2 is 1.62 bits per heavy atom. The molecule has 0 saturated heterocycles. The number of ether oxygens (including phenoxy) is 1. The van der Waals surface area contributed by atoms with Gasteiger partial charge in [0.1, 0.15) is 5.75 Å². The molecule has 6 heteroatoms. The van der Waals surface area contributed by atoms with Crippen molar-refractivity contribution in [1.29, 1.82) is 0 Å². The third kappa shape index (κ3) is 4.44. The van der Waals surface area contributed by atoms with Gasteiger partial charge in [0.05, 0.1) is 17.2 Å². The lowest BCUT2D eigenvalue weighted by Crippen LogP contribution is -2.22. The third-order valence-corrected chi connectivity index (χ3v) is 4.26. The lowest BCUT2D eigenvalue weighted by atomic mass is 10.2. The summed E-state index contributed by atoms with van der Waals surface area (Å²) in [6.07, 6.45) is 1.38. The number of carbonyl (C=O) groups is 2. The summed E-state index contributed by atoms with van der Waals surface area (Å²) in [5, 5.41) is 2.85. The Balaban J connectivity index is 1.45. The van der Waals surface area contributed by atoms with Crippen LogP contribution in [0.4, 0.5) is 0 Å². The number of nitrogens with one attached hydrogen (secondary N) is 1. The maximum Gasteiger partial charge on any atom is 0.363 e. The molecule has 0 aliphatic carbocycles. The summed E-state index contributed by atoms with van der Waals surface area (Å²) < 4.78 is 5.38. The molecule has 142 valence electrons. The molecule has 0 saturated carbocycles. The molecule has 0 aliphatic heterocycles. The Kier molecular flexibility index (Phi) is 5.25. The van der Waals surface area contributed by atoms with E-state index < -0.39 is 5.97 Å². The first kappa shape index (κ1) is 18.3. The number of para-hydroxylation sites is 2. The first-order valence-electron chi connectivity index (χ1n) is 9.05. The predicted molar refractivity (Wildman–Crippen MR) is 109 cm³/mol. The predicted octanol–water partition coefficient (Wildman–Crippen LogP) is 3.78. The summed E-state index contributed by atoms with van der Waals surface area (Å²) in [7, 11) is 0. The first-order valence-corrected chi connectivity index (χ1v) is 9.05. The molecule has 0 atom stereocenters. The van der Waals surface area contributed by atoms with Gasteiger partial charge in [-0.15, -0.1) is 0 Å². The standard InChI is InChI=1S/C23H17N3O3/c27-22(25-14-16-7-2-1-3-8-16)17-9-6-10-18(13-17)29-23(28)21-15-24-19-11-4-5-12-20(19)26-21/h1-13,15H,14H2,(H,25,27). The van der Waals surface area contributed by atoms with Crippen LogP contribution in [0.15, 0.2) is 85.1 Å². The second-order valence-corrected chi connectivity index (χ2v) is 6.33. The van der Waals surface area contributed by atoms with Gasteiger partial charge in [0, 0.05) is 12.1 Å². The molecule has 1 amide bonds. The van der Waals surface area contributed by atoms with Crippen molar-refractivity contribution in [2.24, 2.45) is 0 Å². The van der Waals surface area contributed by atoms with Gasteiger partial charge in [-0.3, -0.25) is 9.78 Å². The van der Waals surface area contributed by atoms with Crippen LogP contribution in [0.3, 0.4) is 0 Å². The molecule has 4 rings (SSSR count). The van der Waals surface area contributed by atoms with Gasteiger partial charge < -0.3 is 10.1 Å². The Morgan fingerprint density at radius 1 is 0.862 bits per heavy atom. The van der Waals surface area contributed by atoms with Crippen molar-refractivity contribution < 1.29 is 14.3 Å². The largest absolute Gasteiger partial charge is 0.422 e. The van der Waals surface area contributed by atoms with Gasteiger partial charge in [0.15, 0.2) is 5.69 Å². The quantitative estimate of drug-likeness (QED) is 0.419.